The number of benzene rings is 1. The topological polar surface area (TPSA) is 86.7 Å². The minimum Gasteiger partial charge on any atom is -0.480 e. The number of amides is 2. The molecule has 3 rings (SSSR count). The first kappa shape index (κ1) is 16.8. The summed E-state index contributed by atoms with van der Waals surface area (Å²) in [6.07, 6.45) is 0.0676. The molecule has 2 aliphatic rings. The number of fused-ring (bicyclic) bond motifs is 1. The molecule has 2 saturated heterocycles. The second-order valence-corrected chi connectivity index (χ2v) is 8.44. The van der Waals surface area contributed by atoms with E-state index in [0.717, 1.165) is 5.56 Å². The van der Waals surface area contributed by atoms with Gasteiger partial charge < -0.3 is 15.3 Å². The Morgan fingerprint density at radius 2 is 2.00 bits per heavy atom. The maximum Gasteiger partial charge on any atom is 0.327 e. The van der Waals surface area contributed by atoms with E-state index in [2.05, 4.69) is 5.32 Å². The monoisotopic (exact) mass is 348 g/mol. The van der Waals surface area contributed by atoms with E-state index < -0.39 is 28.0 Å². The summed E-state index contributed by atoms with van der Waals surface area (Å²) in [4.78, 5) is 37.8. The van der Waals surface area contributed by atoms with Gasteiger partial charge in [-0.15, -0.1) is 11.8 Å². The maximum absolute atomic E-state index is 12.5. The highest BCUT2D eigenvalue weighted by Gasteiger charge is 2.60. The Labute approximate surface area is 144 Å². The largest absolute Gasteiger partial charge is 0.480 e. The van der Waals surface area contributed by atoms with Crippen LogP contribution < -0.4 is 5.32 Å². The van der Waals surface area contributed by atoms with Crippen molar-refractivity contribution in [1.82, 2.24) is 10.2 Å². The van der Waals surface area contributed by atoms with E-state index in [0.29, 0.717) is 6.54 Å². The van der Waals surface area contributed by atoms with Gasteiger partial charge in [0.25, 0.3) is 0 Å². The molecule has 0 aromatic heterocycles. The maximum atomic E-state index is 12.5. The van der Waals surface area contributed by atoms with Crippen molar-refractivity contribution in [2.45, 2.75) is 43.0 Å². The number of thioether (sulfide) groups is 1. The van der Waals surface area contributed by atoms with Crippen molar-refractivity contribution in [2.75, 3.05) is 0 Å². The Kier molecular flexibility index (Phi) is 4.29. The number of hydrogen-bond donors (Lipinski definition) is 2. The van der Waals surface area contributed by atoms with Crippen molar-refractivity contribution in [1.29, 1.82) is 0 Å². The predicted molar refractivity (Wildman–Crippen MR) is 90.1 cm³/mol. The van der Waals surface area contributed by atoms with Crippen molar-refractivity contribution >= 4 is 29.5 Å². The number of carbonyl (C=O) groups is 3. The van der Waals surface area contributed by atoms with Gasteiger partial charge in [0, 0.05) is 17.7 Å². The lowest BCUT2D eigenvalue weighted by molar-refractivity contribution is -0.149. The number of nitrogens with zero attached hydrogens (tertiary/aromatic N) is 1. The van der Waals surface area contributed by atoms with Gasteiger partial charge in [-0.2, -0.15) is 0 Å². The van der Waals surface area contributed by atoms with Crippen LogP contribution in [0.4, 0.5) is 0 Å². The second kappa shape index (κ2) is 6.12. The van der Waals surface area contributed by atoms with Crippen molar-refractivity contribution < 1.29 is 19.5 Å². The zero-order valence-corrected chi connectivity index (χ0v) is 14.4. The first-order valence-electron chi connectivity index (χ1n) is 7.84. The first-order valence-corrected chi connectivity index (χ1v) is 8.72. The number of carbonyl (C=O) groups excluding carboxylic acids is 2. The van der Waals surface area contributed by atoms with Crippen LogP contribution >= 0.6 is 11.8 Å². The number of carboxylic acids is 1. The molecule has 2 fully saturated rings. The molecule has 0 bridgehead atoms. The van der Waals surface area contributed by atoms with Crippen LogP contribution in [-0.4, -0.2) is 44.0 Å². The number of aliphatic carboxylic acids is 1. The van der Waals surface area contributed by atoms with Crippen LogP contribution in [-0.2, 0) is 20.9 Å². The van der Waals surface area contributed by atoms with E-state index in [-0.39, 0.29) is 18.2 Å². The summed E-state index contributed by atoms with van der Waals surface area (Å²) in [6, 6.07) is 8.64. The number of rotatable bonds is 4. The lowest BCUT2D eigenvalue weighted by Gasteiger charge is -2.26. The molecular weight excluding hydrogens is 328 g/mol. The molecule has 2 heterocycles. The van der Waals surface area contributed by atoms with Crippen molar-refractivity contribution in [3.63, 3.8) is 0 Å². The molecule has 1 aromatic rings. The fourth-order valence-electron chi connectivity index (χ4n) is 3.43. The lowest BCUT2D eigenvalue weighted by Crippen LogP contribution is -2.48. The number of nitrogens with one attached hydrogen (secondary N) is 1. The highest BCUT2D eigenvalue weighted by Crippen LogP contribution is 2.51. The number of hydrogen-bond acceptors (Lipinski definition) is 4. The van der Waals surface area contributed by atoms with Crippen LogP contribution in [0, 0.1) is 5.92 Å². The summed E-state index contributed by atoms with van der Waals surface area (Å²) in [7, 11) is 0. The number of carboxylic acid groups (broad SMARTS) is 1. The molecule has 0 radical (unpaired) electrons. The van der Waals surface area contributed by atoms with Crippen molar-refractivity contribution in [3.8, 4) is 0 Å². The first-order chi connectivity index (χ1) is 11.3. The third-order valence-electron chi connectivity index (χ3n) is 4.54. The minimum atomic E-state index is -1.02. The van der Waals surface area contributed by atoms with Crippen LogP contribution in [0.3, 0.4) is 0 Å². The Hall–Kier alpha value is -2.02. The summed E-state index contributed by atoms with van der Waals surface area (Å²) in [6.45, 7) is 4.01. The van der Waals surface area contributed by atoms with Crippen LogP contribution in [0.2, 0.25) is 0 Å². The van der Waals surface area contributed by atoms with Gasteiger partial charge in [-0.1, -0.05) is 30.3 Å². The Morgan fingerprint density at radius 3 is 2.62 bits per heavy atom. The van der Waals surface area contributed by atoms with Gasteiger partial charge in [0.1, 0.15) is 6.04 Å². The van der Waals surface area contributed by atoms with Gasteiger partial charge in [0.15, 0.2) is 0 Å². The average Bonchev–Trinajstić information content (AvgIpc) is 2.98. The Morgan fingerprint density at radius 1 is 1.33 bits per heavy atom. The Balaban J connectivity index is 1.73. The zero-order valence-electron chi connectivity index (χ0n) is 13.6. The van der Waals surface area contributed by atoms with Crippen molar-refractivity contribution in [3.05, 3.63) is 35.9 Å². The fourth-order valence-corrected chi connectivity index (χ4v) is 5.13. The fraction of sp³-hybridized carbons (Fsp3) is 0.471. The quantitative estimate of drug-likeness (QED) is 0.860. The molecule has 0 aliphatic carbocycles. The molecule has 3 atom stereocenters. The summed E-state index contributed by atoms with van der Waals surface area (Å²) >= 11 is 1.40. The van der Waals surface area contributed by atoms with Crippen LogP contribution in [0.5, 0.6) is 0 Å². The lowest BCUT2D eigenvalue weighted by atomic mass is 10.0. The highest BCUT2D eigenvalue weighted by atomic mass is 32.2. The minimum absolute atomic E-state index is 0.0676. The molecular formula is C17H20N2O4S. The van der Waals surface area contributed by atoms with Crippen LogP contribution in [0.1, 0.15) is 25.8 Å². The van der Waals surface area contributed by atoms with E-state index in [1.54, 1.807) is 13.8 Å². The molecule has 2 amide bonds. The Bertz CT molecular complexity index is 676. The molecule has 7 heteroatoms. The van der Waals surface area contributed by atoms with E-state index >= 15 is 0 Å². The van der Waals surface area contributed by atoms with E-state index in [9.17, 15) is 19.5 Å². The molecule has 2 aliphatic heterocycles. The molecule has 1 aromatic carbocycles. The normalized spacial score (nSPS) is 27.8. The third kappa shape index (κ3) is 2.88. The summed E-state index contributed by atoms with van der Waals surface area (Å²) < 4.78 is -0.620. The molecule has 0 saturated carbocycles. The summed E-state index contributed by atoms with van der Waals surface area (Å²) in [5.41, 5.74) is 0.981. The predicted octanol–water partition coefficient (Wildman–Crippen LogP) is 1.46. The van der Waals surface area contributed by atoms with Crippen LogP contribution in [0.25, 0.3) is 0 Å². The molecule has 128 valence electrons. The van der Waals surface area contributed by atoms with Gasteiger partial charge in [-0.3, -0.25) is 9.59 Å². The molecule has 1 unspecified atom stereocenters. The SMILES string of the molecule is CC1(C)S[C@@H]2[C@@H](C(=O)NCc3ccccc3)CC(=O)N2C1C(=O)O. The smallest absolute Gasteiger partial charge is 0.327 e. The molecule has 6 nitrogen and oxygen atoms in total. The molecule has 24 heavy (non-hydrogen) atoms. The third-order valence-corrected chi connectivity index (χ3v) is 6.17. The zero-order chi connectivity index (χ0) is 17.5. The van der Waals surface area contributed by atoms with Gasteiger partial charge in [-0.05, 0) is 19.4 Å². The van der Waals surface area contributed by atoms with Gasteiger partial charge >= 0.3 is 5.97 Å². The van der Waals surface area contributed by atoms with Gasteiger partial charge in [0.2, 0.25) is 11.8 Å². The van der Waals surface area contributed by atoms with Gasteiger partial charge in [0.05, 0.1) is 11.3 Å². The average molecular weight is 348 g/mol. The van der Waals surface area contributed by atoms with E-state index in [1.807, 2.05) is 30.3 Å². The molecule has 0 spiro atoms. The highest BCUT2D eigenvalue weighted by molar-refractivity contribution is 8.01. The summed E-state index contributed by atoms with van der Waals surface area (Å²) in [5, 5.41) is 11.9. The van der Waals surface area contributed by atoms with E-state index in [4.69, 9.17) is 0 Å². The molecule has 2 N–H and O–H groups in total. The summed E-state index contributed by atoms with van der Waals surface area (Å²) in [5.74, 6) is -2.00. The van der Waals surface area contributed by atoms with Crippen LogP contribution in [0.15, 0.2) is 30.3 Å². The van der Waals surface area contributed by atoms with E-state index in [1.165, 1.54) is 16.7 Å². The second-order valence-electron chi connectivity index (χ2n) is 6.67. The van der Waals surface area contributed by atoms with Gasteiger partial charge in [-0.25, -0.2) is 4.79 Å². The standard InChI is InChI=1S/C17H20N2O4S/c1-17(2)13(16(22)23)19-12(20)8-11(15(19)24-17)14(21)18-9-10-6-4-3-5-7-10/h3-7,11,13,15H,8-9H2,1-2H3,(H,18,21)(H,22,23)/t11-,13?,15-/m1/s1. The van der Waals surface area contributed by atoms with Crippen molar-refractivity contribution in [2.24, 2.45) is 5.92 Å².